The lowest BCUT2D eigenvalue weighted by molar-refractivity contribution is -0.0252. The number of aliphatic hydroxyl groups excluding tert-OH is 1. The Kier molecular flexibility index (Phi) is 8.00. The molecule has 0 saturated heterocycles. The van der Waals surface area contributed by atoms with Gasteiger partial charge >= 0.3 is 5.97 Å². The molecule has 1 N–H and O–H groups in total. The molecule has 0 heterocycles. The molecule has 4 nitrogen and oxygen atoms in total. The number of hydrogen-bond acceptors (Lipinski definition) is 4. The topological polar surface area (TPSA) is 55.8 Å². The van der Waals surface area contributed by atoms with Crippen molar-refractivity contribution in [1.29, 1.82) is 0 Å². The van der Waals surface area contributed by atoms with Crippen molar-refractivity contribution in [3.63, 3.8) is 0 Å². The molecule has 2 atom stereocenters. The van der Waals surface area contributed by atoms with Crippen LogP contribution in [0.15, 0.2) is 30.3 Å². The van der Waals surface area contributed by atoms with Gasteiger partial charge in [0, 0.05) is 0 Å². The number of rotatable bonds is 9. The van der Waals surface area contributed by atoms with Gasteiger partial charge in [-0.3, -0.25) is 0 Å². The molecule has 0 aliphatic heterocycles. The Morgan fingerprint density at radius 3 is 2.65 bits per heavy atom. The predicted molar refractivity (Wildman–Crippen MR) is 79.0 cm³/mol. The first-order chi connectivity index (χ1) is 9.67. The molecule has 109 valence electrons. The number of ether oxygens (including phenoxy) is 2. The van der Waals surface area contributed by atoms with Gasteiger partial charge in [-0.25, -0.2) is 4.79 Å². The lowest BCUT2D eigenvalue weighted by Crippen LogP contribution is -2.32. The number of esters is 1. The second kappa shape index (κ2) is 9.56. The number of hydrogen-bond donors (Lipinski definition) is 1. The molecule has 0 unspecified atom stereocenters. The van der Waals surface area contributed by atoms with E-state index in [2.05, 4.69) is 6.92 Å². The van der Waals surface area contributed by atoms with Gasteiger partial charge in [-0.05, 0) is 19.1 Å². The maximum absolute atomic E-state index is 11.8. The molecule has 5 heteroatoms. The van der Waals surface area contributed by atoms with E-state index in [1.165, 1.54) is 0 Å². The summed E-state index contributed by atoms with van der Waals surface area (Å²) >= 11 is 0. The van der Waals surface area contributed by atoms with Crippen LogP contribution >= 0.6 is 0 Å². The molecule has 0 aliphatic carbocycles. The SMILES string of the molecule is CCC[B][C@@H](COC(=O)c1ccccc1)O[C@H](C)CO. The molecular weight excluding hydrogens is 255 g/mol. The van der Waals surface area contributed by atoms with Crippen molar-refractivity contribution in [2.45, 2.75) is 38.7 Å². The summed E-state index contributed by atoms with van der Waals surface area (Å²) in [7, 11) is 1.98. The second-order valence-corrected chi connectivity index (χ2v) is 4.66. The van der Waals surface area contributed by atoms with E-state index in [-0.39, 0.29) is 31.3 Å². The fraction of sp³-hybridized carbons (Fsp3) is 0.533. The first-order valence-electron chi connectivity index (χ1n) is 6.99. The molecule has 0 fully saturated rings. The van der Waals surface area contributed by atoms with E-state index in [0.717, 1.165) is 12.7 Å². The van der Waals surface area contributed by atoms with Gasteiger partial charge in [0.05, 0.1) is 24.3 Å². The van der Waals surface area contributed by atoms with Gasteiger partial charge in [0.15, 0.2) is 7.28 Å². The highest BCUT2D eigenvalue weighted by atomic mass is 16.6. The maximum atomic E-state index is 11.8. The molecule has 0 amide bonds. The Balaban J connectivity index is 2.46. The van der Waals surface area contributed by atoms with Gasteiger partial charge < -0.3 is 14.6 Å². The Bertz CT molecular complexity index is 383. The van der Waals surface area contributed by atoms with E-state index in [4.69, 9.17) is 14.6 Å². The zero-order valence-electron chi connectivity index (χ0n) is 12.1. The average molecular weight is 277 g/mol. The lowest BCUT2D eigenvalue weighted by atomic mass is 9.67. The van der Waals surface area contributed by atoms with Gasteiger partial charge in [0.1, 0.15) is 6.61 Å². The van der Waals surface area contributed by atoms with Crippen LogP contribution in [-0.4, -0.2) is 43.7 Å². The van der Waals surface area contributed by atoms with Crippen LogP contribution in [0.4, 0.5) is 0 Å². The number of benzene rings is 1. The summed E-state index contributed by atoms with van der Waals surface area (Å²) in [4.78, 5) is 11.8. The van der Waals surface area contributed by atoms with Crippen molar-refractivity contribution in [3.05, 3.63) is 35.9 Å². The van der Waals surface area contributed by atoms with Gasteiger partial charge in [-0.1, -0.05) is 37.9 Å². The van der Waals surface area contributed by atoms with Gasteiger partial charge in [0.2, 0.25) is 0 Å². The Labute approximate surface area is 121 Å². The third kappa shape index (κ3) is 6.22. The summed E-state index contributed by atoms with van der Waals surface area (Å²) < 4.78 is 10.9. The minimum Gasteiger partial charge on any atom is -0.460 e. The van der Waals surface area contributed by atoms with Crippen LogP contribution in [-0.2, 0) is 9.47 Å². The summed E-state index contributed by atoms with van der Waals surface area (Å²) in [5.74, 6) is -0.360. The number of carbonyl (C=O) groups excluding carboxylic acids is 1. The summed E-state index contributed by atoms with van der Waals surface area (Å²) in [5.41, 5.74) is 0.525. The van der Waals surface area contributed by atoms with Crippen LogP contribution in [0.25, 0.3) is 0 Å². The predicted octanol–water partition coefficient (Wildman–Crippen LogP) is 2.10. The zero-order valence-corrected chi connectivity index (χ0v) is 12.1. The van der Waals surface area contributed by atoms with Crippen molar-refractivity contribution >= 4 is 13.2 Å². The van der Waals surface area contributed by atoms with Crippen molar-refractivity contribution in [3.8, 4) is 0 Å². The molecule has 20 heavy (non-hydrogen) atoms. The molecule has 0 aliphatic rings. The molecule has 1 aromatic carbocycles. The highest BCUT2D eigenvalue weighted by Gasteiger charge is 2.16. The molecular formula is C15H22BO4. The normalized spacial score (nSPS) is 13.6. The molecule has 0 saturated carbocycles. The summed E-state index contributed by atoms with van der Waals surface area (Å²) in [6.07, 6.45) is 1.61. The first-order valence-corrected chi connectivity index (χ1v) is 6.99. The third-order valence-corrected chi connectivity index (χ3v) is 2.77. The smallest absolute Gasteiger partial charge is 0.338 e. The maximum Gasteiger partial charge on any atom is 0.338 e. The van der Waals surface area contributed by atoms with E-state index < -0.39 is 0 Å². The van der Waals surface area contributed by atoms with Crippen LogP contribution < -0.4 is 0 Å². The fourth-order valence-electron chi connectivity index (χ4n) is 1.67. The number of aliphatic hydroxyl groups is 1. The van der Waals surface area contributed by atoms with Crippen molar-refractivity contribution < 1.29 is 19.4 Å². The van der Waals surface area contributed by atoms with Crippen molar-refractivity contribution in [2.75, 3.05) is 13.2 Å². The molecule has 1 rings (SSSR count). The van der Waals surface area contributed by atoms with E-state index in [1.54, 1.807) is 31.2 Å². The molecule has 0 aromatic heterocycles. The van der Waals surface area contributed by atoms with Gasteiger partial charge in [-0.2, -0.15) is 0 Å². The van der Waals surface area contributed by atoms with Crippen LogP contribution in [0.2, 0.25) is 6.32 Å². The highest BCUT2D eigenvalue weighted by Crippen LogP contribution is 2.05. The Hall–Kier alpha value is -1.33. The van der Waals surface area contributed by atoms with Crippen molar-refractivity contribution in [2.24, 2.45) is 0 Å². The average Bonchev–Trinajstić information content (AvgIpc) is 2.50. The zero-order chi connectivity index (χ0) is 14.8. The second-order valence-electron chi connectivity index (χ2n) is 4.66. The monoisotopic (exact) mass is 277 g/mol. The summed E-state index contributed by atoms with van der Waals surface area (Å²) in [5, 5.41) is 9.02. The van der Waals surface area contributed by atoms with E-state index in [1.807, 2.05) is 13.3 Å². The Morgan fingerprint density at radius 2 is 2.05 bits per heavy atom. The molecule has 0 spiro atoms. The highest BCUT2D eigenvalue weighted by molar-refractivity contribution is 6.37. The Morgan fingerprint density at radius 1 is 1.35 bits per heavy atom. The quantitative estimate of drug-likeness (QED) is 0.554. The van der Waals surface area contributed by atoms with E-state index >= 15 is 0 Å². The first kappa shape index (κ1) is 16.7. The van der Waals surface area contributed by atoms with Gasteiger partial charge in [0.25, 0.3) is 0 Å². The molecule has 1 radical (unpaired) electrons. The van der Waals surface area contributed by atoms with E-state index in [9.17, 15) is 4.79 Å². The largest absolute Gasteiger partial charge is 0.460 e. The lowest BCUT2D eigenvalue weighted by Gasteiger charge is -2.20. The molecule has 0 bridgehead atoms. The summed E-state index contributed by atoms with van der Waals surface area (Å²) in [6.45, 7) is 3.96. The third-order valence-electron chi connectivity index (χ3n) is 2.77. The van der Waals surface area contributed by atoms with Crippen LogP contribution in [0.5, 0.6) is 0 Å². The van der Waals surface area contributed by atoms with Crippen LogP contribution in [0, 0.1) is 0 Å². The van der Waals surface area contributed by atoms with Crippen LogP contribution in [0.3, 0.4) is 0 Å². The van der Waals surface area contributed by atoms with Crippen LogP contribution in [0.1, 0.15) is 30.6 Å². The standard InChI is InChI=1S/C15H22BO4/c1-3-9-16-14(20-12(2)10-17)11-19-15(18)13-7-5-4-6-8-13/h4-8,12,14,17H,3,9-11H2,1-2H3/t12-,14-/m1/s1. The minimum atomic E-state index is -0.360. The minimum absolute atomic E-state index is 0.0525. The van der Waals surface area contributed by atoms with Gasteiger partial charge in [-0.15, -0.1) is 0 Å². The summed E-state index contributed by atoms with van der Waals surface area (Å²) in [6, 6.07) is 8.57. The van der Waals surface area contributed by atoms with Crippen molar-refractivity contribution in [1.82, 2.24) is 0 Å². The fourth-order valence-corrected chi connectivity index (χ4v) is 1.67. The molecule has 1 aromatic rings. The number of carbonyl (C=O) groups is 1. The van der Waals surface area contributed by atoms with E-state index in [0.29, 0.717) is 5.56 Å².